The quantitative estimate of drug-likeness (QED) is 0.637. The normalized spacial score (nSPS) is 27.4. The van der Waals surface area contributed by atoms with E-state index in [0.717, 1.165) is 0 Å². The smallest absolute Gasteiger partial charge is 0.344 e. The van der Waals surface area contributed by atoms with Crippen LogP contribution in [-0.2, 0) is 14.3 Å². The molecular formula is C11H15BrO4. The van der Waals surface area contributed by atoms with Gasteiger partial charge in [-0.1, -0.05) is 19.9 Å². The number of ether oxygens (including phenoxy) is 1. The van der Waals surface area contributed by atoms with Crippen LogP contribution in [0.3, 0.4) is 0 Å². The van der Waals surface area contributed by atoms with Crippen molar-refractivity contribution in [3.63, 3.8) is 0 Å². The molecule has 0 aromatic carbocycles. The lowest BCUT2D eigenvalue weighted by molar-refractivity contribution is -0.140. The lowest BCUT2D eigenvalue weighted by Crippen LogP contribution is -2.04. The molecule has 1 saturated carbocycles. The number of allylic oxidation sites excluding steroid dienone is 1. The molecule has 1 rings (SSSR count). The molecule has 0 aromatic heterocycles. The number of carbonyl (C=O) groups is 2. The number of hydrogen-bond acceptors (Lipinski definition) is 3. The Labute approximate surface area is 103 Å². The number of carboxylic acid groups (broad SMARTS) is 1. The van der Waals surface area contributed by atoms with Gasteiger partial charge in [-0.15, -0.1) is 0 Å². The van der Waals surface area contributed by atoms with Crippen LogP contribution in [0.2, 0.25) is 0 Å². The van der Waals surface area contributed by atoms with Crippen LogP contribution < -0.4 is 0 Å². The molecule has 0 amide bonds. The fourth-order valence-corrected chi connectivity index (χ4v) is 2.29. The minimum Gasteiger partial charge on any atom is -0.481 e. The third-order valence-electron chi connectivity index (χ3n) is 2.97. The highest BCUT2D eigenvalue weighted by molar-refractivity contribution is 9.12. The summed E-state index contributed by atoms with van der Waals surface area (Å²) in [6.07, 6.45) is 1.64. The Hall–Kier alpha value is -0.840. The van der Waals surface area contributed by atoms with Crippen LogP contribution in [0.5, 0.6) is 0 Å². The molecule has 1 aliphatic rings. The summed E-state index contributed by atoms with van der Waals surface area (Å²) < 4.78 is 5.10. The molecule has 0 heterocycles. The van der Waals surface area contributed by atoms with Crippen molar-refractivity contribution in [2.75, 3.05) is 6.61 Å². The molecule has 0 aliphatic heterocycles. The molecule has 2 atom stereocenters. The van der Waals surface area contributed by atoms with Gasteiger partial charge in [0.15, 0.2) is 0 Å². The van der Waals surface area contributed by atoms with Crippen LogP contribution in [0.1, 0.15) is 20.8 Å². The second kappa shape index (κ2) is 4.57. The zero-order valence-electron chi connectivity index (χ0n) is 9.49. The Morgan fingerprint density at radius 2 is 2.06 bits per heavy atom. The van der Waals surface area contributed by atoms with Crippen LogP contribution in [0, 0.1) is 17.3 Å². The Kier molecular flexibility index (Phi) is 3.78. The number of hydrogen-bond donors (Lipinski definition) is 1. The first-order chi connectivity index (χ1) is 7.32. The second-order valence-corrected chi connectivity index (χ2v) is 5.25. The van der Waals surface area contributed by atoms with Gasteiger partial charge < -0.3 is 9.84 Å². The van der Waals surface area contributed by atoms with Gasteiger partial charge in [-0.25, -0.2) is 4.79 Å². The van der Waals surface area contributed by atoms with Crippen molar-refractivity contribution in [3.05, 3.63) is 10.6 Å². The van der Waals surface area contributed by atoms with Crippen molar-refractivity contribution >= 4 is 27.9 Å². The van der Waals surface area contributed by atoms with E-state index in [4.69, 9.17) is 9.84 Å². The molecule has 0 radical (unpaired) electrons. The van der Waals surface area contributed by atoms with Crippen molar-refractivity contribution in [1.82, 2.24) is 0 Å². The lowest BCUT2D eigenvalue weighted by atomic mass is 10.1. The van der Waals surface area contributed by atoms with Crippen LogP contribution in [-0.4, -0.2) is 23.7 Å². The molecule has 1 N–H and O–H groups in total. The SMILES string of the molecule is CCOC(=O)C(Br)=CC1C(C(=O)O)C1(C)C. The standard InChI is InChI=1S/C11H15BrO4/c1-4-16-10(15)7(12)5-6-8(9(13)14)11(6,2)3/h5-6,8H,4H2,1-3H3,(H,13,14). The Bertz CT molecular complexity index is 346. The Balaban J connectivity index is 2.72. The van der Waals surface area contributed by atoms with Gasteiger partial charge in [-0.05, 0) is 34.2 Å². The van der Waals surface area contributed by atoms with Crippen LogP contribution in [0.4, 0.5) is 0 Å². The molecule has 4 nitrogen and oxygen atoms in total. The molecule has 2 unspecified atom stereocenters. The zero-order valence-corrected chi connectivity index (χ0v) is 11.1. The summed E-state index contributed by atoms with van der Waals surface area (Å²) in [4.78, 5) is 22.2. The number of halogens is 1. The number of carbonyl (C=O) groups excluding carboxylic acids is 1. The number of carboxylic acids is 1. The highest BCUT2D eigenvalue weighted by atomic mass is 79.9. The van der Waals surface area contributed by atoms with Gasteiger partial charge in [0.1, 0.15) is 0 Å². The summed E-state index contributed by atoms with van der Waals surface area (Å²) in [5, 5.41) is 8.95. The Morgan fingerprint density at radius 3 is 2.44 bits per heavy atom. The molecule has 0 saturated heterocycles. The van der Waals surface area contributed by atoms with Gasteiger partial charge in [0, 0.05) is 0 Å². The zero-order chi connectivity index (χ0) is 12.5. The van der Waals surface area contributed by atoms with E-state index in [9.17, 15) is 9.59 Å². The van der Waals surface area contributed by atoms with E-state index in [1.165, 1.54) is 0 Å². The van der Waals surface area contributed by atoms with E-state index in [1.54, 1.807) is 13.0 Å². The van der Waals surface area contributed by atoms with Gasteiger partial charge in [0.05, 0.1) is 17.0 Å². The topological polar surface area (TPSA) is 63.6 Å². The summed E-state index contributed by atoms with van der Waals surface area (Å²) in [5.41, 5.74) is -0.294. The highest BCUT2D eigenvalue weighted by Gasteiger charge is 2.61. The summed E-state index contributed by atoms with van der Waals surface area (Å²) >= 11 is 3.11. The molecule has 5 heteroatoms. The molecule has 0 aromatic rings. The first-order valence-electron chi connectivity index (χ1n) is 5.09. The lowest BCUT2D eigenvalue weighted by Gasteiger charge is -2.00. The minimum absolute atomic E-state index is 0.121. The molecule has 0 spiro atoms. The summed E-state index contributed by atoms with van der Waals surface area (Å²) in [5.74, 6) is -1.82. The van der Waals surface area contributed by atoms with Crippen molar-refractivity contribution in [2.45, 2.75) is 20.8 Å². The first-order valence-corrected chi connectivity index (χ1v) is 5.89. The fraction of sp³-hybridized carbons (Fsp3) is 0.636. The Morgan fingerprint density at radius 1 is 1.50 bits per heavy atom. The van der Waals surface area contributed by atoms with Gasteiger partial charge in [0.25, 0.3) is 0 Å². The van der Waals surface area contributed by atoms with Crippen molar-refractivity contribution in [3.8, 4) is 0 Å². The van der Waals surface area contributed by atoms with Crippen LogP contribution in [0.25, 0.3) is 0 Å². The largest absolute Gasteiger partial charge is 0.481 e. The van der Waals surface area contributed by atoms with Crippen molar-refractivity contribution < 1.29 is 19.4 Å². The van der Waals surface area contributed by atoms with Gasteiger partial charge >= 0.3 is 11.9 Å². The van der Waals surface area contributed by atoms with E-state index in [-0.39, 0.29) is 11.3 Å². The van der Waals surface area contributed by atoms with Gasteiger partial charge in [-0.3, -0.25) is 4.79 Å². The predicted molar refractivity (Wildman–Crippen MR) is 62.0 cm³/mol. The number of esters is 1. The second-order valence-electron chi connectivity index (χ2n) is 4.40. The summed E-state index contributed by atoms with van der Waals surface area (Å²) in [7, 11) is 0. The molecule has 16 heavy (non-hydrogen) atoms. The van der Waals surface area contributed by atoms with Crippen LogP contribution in [0.15, 0.2) is 10.6 Å². The van der Waals surface area contributed by atoms with E-state index < -0.39 is 17.9 Å². The predicted octanol–water partition coefficient (Wildman–Crippen LogP) is 2.19. The maximum absolute atomic E-state index is 11.3. The number of rotatable bonds is 4. The van der Waals surface area contributed by atoms with E-state index >= 15 is 0 Å². The third kappa shape index (κ3) is 2.45. The van der Waals surface area contributed by atoms with E-state index in [0.29, 0.717) is 11.1 Å². The average molecular weight is 291 g/mol. The van der Waals surface area contributed by atoms with Crippen molar-refractivity contribution in [1.29, 1.82) is 0 Å². The maximum atomic E-state index is 11.3. The van der Waals surface area contributed by atoms with Gasteiger partial charge in [-0.2, -0.15) is 0 Å². The fourth-order valence-electron chi connectivity index (χ4n) is 1.89. The molecule has 90 valence electrons. The first kappa shape index (κ1) is 13.2. The third-order valence-corrected chi connectivity index (χ3v) is 3.56. The molecule has 1 fully saturated rings. The van der Waals surface area contributed by atoms with Gasteiger partial charge in [0.2, 0.25) is 0 Å². The summed E-state index contributed by atoms with van der Waals surface area (Å²) in [6, 6.07) is 0. The monoisotopic (exact) mass is 290 g/mol. The van der Waals surface area contributed by atoms with E-state index in [2.05, 4.69) is 15.9 Å². The highest BCUT2D eigenvalue weighted by Crippen LogP contribution is 2.59. The molecule has 1 aliphatic carbocycles. The van der Waals surface area contributed by atoms with Crippen LogP contribution >= 0.6 is 15.9 Å². The average Bonchev–Trinajstić information content (AvgIpc) is 2.68. The molecular weight excluding hydrogens is 276 g/mol. The minimum atomic E-state index is -0.824. The van der Waals surface area contributed by atoms with E-state index in [1.807, 2.05) is 13.8 Å². The van der Waals surface area contributed by atoms with Crippen molar-refractivity contribution in [2.24, 2.45) is 17.3 Å². The molecule has 0 bridgehead atoms. The number of aliphatic carboxylic acids is 1. The summed E-state index contributed by atoms with van der Waals surface area (Å²) in [6.45, 7) is 5.77. The maximum Gasteiger partial charge on any atom is 0.344 e.